The number of aromatic hydroxyl groups is 3. The summed E-state index contributed by atoms with van der Waals surface area (Å²) in [6, 6.07) is 0.735. The SMILES string of the molecule is CCCCCCCCCCCCCC[N+](C)(C)CCCNC(=O)[C@H]1NC(=O)[C@H]2NC(=O)[C@H](NC(=O)[C@@H]3NC(=O)[C@H](CC(N)=O)NC(=O)[C@H](NC(=O)[C@@H](CC(C)C)NC)[C@H](O)c4ccc(c(Cl)c4)Oc4cc3cc(c4O[C@@H]3O[C@H](CO)[C@@H](O)[C@H](O)[C@H]3O[C@H]3C[C@](C)(N)[C@H](O)[C@H](C)O3)Oc3ccc(cc3Cl)[C@H]2O)c2ccc(O)c(c2)-c2c(O)cc(O)cc21. The number of halogens is 2. The summed E-state index contributed by atoms with van der Waals surface area (Å²) in [5, 5.41) is 126. The van der Waals surface area contributed by atoms with Crippen LogP contribution in [0.15, 0.2) is 78.9 Å². The molecule has 12 rings (SSSR count). The number of carbonyl (C=O) groups excluding carboxylic acids is 8. The Balaban J connectivity index is 1.12. The second-order valence-electron chi connectivity index (χ2n) is 33.3. The number of amides is 8. The zero-order chi connectivity index (χ0) is 88.1. The van der Waals surface area contributed by atoms with Crippen molar-refractivity contribution in [2.75, 3.05) is 47.4 Å². The summed E-state index contributed by atoms with van der Waals surface area (Å²) in [5.74, 6) is -14.3. The Hall–Kier alpha value is -9.24. The van der Waals surface area contributed by atoms with Crippen LogP contribution in [0.5, 0.6) is 46.0 Å². The molecule has 121 heavy (non-hydrogen) atoms. The quantitative estimate of drug-likeness (QED) is 0.0205. The Kier molecular flexibility index (Phi) is 32.4. The van der Waals surface area contributed by atoms with Gasteiger partial charge in [0.05, 0.1) is 68.5 Å². The van der Waals surface area contributed by atoms with Crippen molar-refractivity contribution in [3.63, 3.8) is 0 Å². The number of likely N-dealkylation sites (N-methyl/N-ethyl adjacent to an activating group) is 1. The molecule has 0 radical (unpaired) electrons. The molecule has 7 heterocycles. The van der Waals surface area contributed by atoms with Gasteiger partial charge < -0.3 is 133 Å². The number of rotatable bonds is 30. The van der Waals surface area contributed by atoms with Crippen molar-refractivity contribution in [1.82, 2.24) is 42.5 Å². The van der Waals surface area contributed by atoms with Gasteiger partial charge in [-0.2, -0.15) is 0 Å². The van der Waals surface area contributed by atoms with E-state index in [1.54, 1.807) is 0 Å². The molecule has 18 atom stereocenters. The number of ether oxygens (including phenoxy) is 6. The summed E-state index contributed by atoms with van der Waals surface area (Å²) in [7, 11) is 5.66. The normalized spacial score (nSPS) is 26.7. The Bertz CT molecular complexity index is 4520. The topological polar surface area (TPSA) is 522 Å². The van der Waals surface area contributed by atoms with E-state index in [4.69, 9.17) is 63.1 Å². The number of aliphatic hydroxyl groups excluding tert-OH is 6. The van der Waals surface area contributed by atoms with Crippen LogP contribution in [0.4, 0.5) is 0 Å². The fraction of sp³-hybridized carbons (Fsp3) is 0.553. The molecule has 2 saturated heterocycles. The van der Waals surface area contributed by atoms with Crippen LogP contribution in [0.25, 0.3) is 11.1 Å². The molecule has 8 amide bonds. The van der Waals surface area contributed by atoms with Crippen molar-refractivity contribution in [2.24, 2.45) is 17.4 Å². The highest BCUT2D eigenvalue weighted by molar-refractivity contribution is 6.32. The monoisotopic (exact) mass is 1730 g/mol. The summed E-state index contributed by atoms with van der Waals surface area (Å²) in [4.78, 5) is 121. The van der Waals surface area contributed by atoms with Gasteiger partial charge in [0.2, 0.25) is 59.3 Å². The van der Waals surface area contributed by atoms with E-state index in [9.17, 15) is 55.5 Å². The summed E-state index contributed by atoms with van der Waals surface area (Å²) in [6.45, 7) is 9.45. The van der Waals surface area contributed by atoms with Gasteiger partial charge in [-0.3, -0.25) is 38.4 Å². The molecule has 0 aliphatic carbocycles. The fourth-order valence-corrected chi connectivity index (χ4v) is 16.3. The summed E-state index contributed by atoms with van der Waals surface area (Å²) < 4.78 is 39.4. The zero-order valence-corrected chi connectivity index (χ0v) is 70.7. The molecule has 7 aliphatic rings. The van der Waals surface area contributed by atoms with Crippen LogP contribution >= 0.6 is 23.2 Å². The third-order valence-electron chi connectivity index (χ3n) is 22.6. The Morgan fingerprint density at radius 2 is 1.24 bits per heavy atom. The lowest BCUT2D eigenvalue weighted by Gasteiger charge is -2.47. The first-order valence-corrected chi connectivity index (χ1v) is 42.0. The number of fused-ring (bicyclic) bond motifs is 15. The number of primary amides is 1. The zero-order valence-electron chi connectivity index (χ0n) is 69.1. The lowest BCUT2D eigenvalue weighted by molar-refractivity contribution is -0.890. The predicted molar refractivity (Wildman–Crippen MR) is 442 cm³/mol. The van der Waals surface area contributed by atoms with E-state index in [1.807, 2.05) is 13.8 Å². The Labute approximate surface area is 711 Å². The number of quaternary nitrogens is 1. The number of benzene rings is 5. The molecule has 0 saturated carbocycles. The van der Waals surface area contributed by atoms with Crippen LogP contribution in [0.3, 0.4) is 0 Å². The number of aliphatic hydroxyl groups is 6. The van der Waals surface area contributed by atoms with E-state index in [0.29, 0.717) is 17.4 Å². The van der Waals surface area contributed by atoms with E-state index < -0.39 is 215 Å². The predicted octanol–water partition coefficient (Wildman–Crippen LogP) is 5.31. The van der Waals surface area contributed by atoms with Gasteiger partial charge in [-0.05, 0) is 128 Å². The highest BCUT2D eigenvalue weighted by Crippen LogP contribution is 2.50. The Morgan fingerprint density at radius 3 is 1.83 bits per heavy atom. The van der Waals surface area contributed by atoms with Crippen LogP contribution in [-0.4, -0.2) is 224 Å². The molecule has 5 aromatic carbocycles. The number of nitrogens with one attached hydrogen (secondary N) is 8. The minimum Gasteiger partial charge on any atom is -0.508 e. The van der Waals surface area contributed by atoms with Crippen molar-refractivity contribution >= 4 is 70.5 Å². The molecule has 5 aromatic rings. The lowest BCUT2D eigenvalue weighted by atomic mass is 9.86. The molecular formula is C85H116Cl2N11O23+. The highest BCUT2D eigenvalue weighted by atomic mass is 35.5. The van der Waals surface area contributed by atoms with Crippen molar-refractivity contribution in [1.29, 1.82) is 0 Å². The van der Waals surface area contributed by atoms with Crippen LogP contribution in [-0.2, 0) is 52.6 Å². The van der Waals surface area contributed by atoms with Gasteiger partial charge in [0, 0.05) is 42.1 Å². The molecular weight excluding hydrogens is 1610 g/mol. The van der Waals surface area contributed by atoms with E-state index in [1.165, 1.54) is 103 Å². The van der Waals surface area contributed by atoms with Crippen LogP contribution in [0, 0.1) is 5.92 Å². The minimum atomic E-state index is -2.33. The molecule has 11 bridgehead atoms. The average Bonchev–Trinajstić information content (AvgIpc) is 0.767. The van der Waals surface area contributed by atoms with Crippen molar-refractivity contribution < 1.29 is 117 Å². The maximum Gasteiger partial charge on any atom is 0.248 e. The van der Waals surface area contributed by atoms with E-state index in [2.05, 4.69) is 63.6 Å². The van der Waals surface area contributed by atoms with E-state index in [-0.39, 0.29) is 75.2 Å². The molecule has 21 N–H and O–H groups in total. The number of unbranched alkanes of at least 4 members (excludes halogenated alkanes) is 11. The van der Waals surface area contributed by atoms with Gasteiger partial charge >= 0.3 is 0 Å². The van der Waals surface area contributed by atoms with Gasteiger partial charge in [0.1, 0.15) is 95.5 Å². The minimum absolute atomic E-state index is 0.0383. The summed E-state index contributed by atoms with van der Waals surface area (Å²) in [6.07, 6.45) is -3.64. The number of hydrogen-bond acceptors (Lipinski definition) is 25. The molecule has 0 aromatic heterocycles. The van der Waals surface area contributed by atoms with Crippen molar-refractivity contribution in [2.45, 2.75) is 247 Å². The number of nitrogens with two attached hydrogens (primary N) is 2. The first kappa shape index (κ1) is 94.0. The molecule has 36 heteroatoms. The standard InChI is InChI=1S/C85H115Cl2N11O23/c1-9-10-11-12-13-14-15-16-17-18-19-20-29-98(7,8)30-21-28-91-79(111)67-50-37-48(100)38-56(102)64(50)49-32-44(22-25-55(49)101)65-80(112)97-69(83(115)95-67)71(105)46-24-27-58(52(87)34-46)118-60-36-47-35-59(74(60)121-84-75(73(107)72(106)61(41-99)119-84)120-63-40-85(5,89)76(108)43(4)116-63)117-57-26-23-45(33-51(57)86)70(104)68(96-77(109)53(90-6)31-42(2)3)82(114)92-54(39-62(88)103)78(110)93-66(47)81(113)94-65/h22-27,32-38,42-43,53-54,61,63,65-73,75-76,84,90,99,104-108H,9-21,28-31,39-41,89H2,1-8H3,(H11-,88,91,92,93,94,95,96,97,100,101,102,103,109,110,111,112,113,114,115)/p+1/t43-,53+,54-,61+,63-,65+,66+,67-,68+,69-,70+,71+,72+,73-,75+,76+,84-,85-/m0/s1. The van der Waals surface area contributed by atoms with Gasteiger partial charge in [0.15, 0.2) is 23.9 Å². The molecule has 34 nitrogen and oxygen atoms in total. The van der Waals surface area contributed by atoms with Gasteiger partial charge in [-0.1, -0.05) is 126 Å². The largest absolute Gasteiger partial charge is 0.508 e. The smallest absolute Gasteiger partial charge is 0.248 e. The molecule has 2 fully saturated rings. The van der Waals surface area contributed by atoms with Gasteiger partial charge in [-0.15, -0.1) is 0 Å². The lowest BCUT2D eigenvalue weighted by Crippen LogP contribution is -2.64. The molecule has 0 spiro atoms. The third kappa shape index (κ3) is 23.6. The first-order valence-electron chi connectivity index (χ1n) is 41.2. The first-order chi connectivity index (χ1) is 57.4. The fourth-order valence-electron chi connectivity index (χ4n) is 15.8. The van der Waals surface area contributed by atoms with Crippen LogP contribution in [0.1, 0.15) is 196 Å². The Morgan fingerprint density at radius 1 is 0.661 bits per heavy atom. The van der Waals surface area contributed by atoms with Crippen LogP contribution < -0.4 is 68.2 Å². The second kappa shape index (κ2) is 41.8. The number of phenols is 3. The second-order valence-corrected chi connectivity index (χ2v) is 34.1. The summed E-state index contributed by atoms with van der Waals surface area (Å²) >= 11 is 14.4. The van der Waals surface area contributed by atoms with E-state index >= 15 is 28.8 Å². The maximum atomic E-state index is 16.3. The van der Waals surface area contributed by atoms with E-state index in [0.717, 1.165) is 80.4 Å². The molecule has 0 unspecified atom stereocenters. The molecule has 662 valence electrons. The van der Waals surface area contributed by atoms with Gasteiger partial charge in [-0.25, -0.2) is 0 Å². The highest BCUT2D eigenvalue weighted by Gasteiger charge is 2.52. The van der Waals surface area contributed by atoms with Crippen molar-refractivity contribution in [3.8, 4) is 57.1 Å². The maximum absolute atomic E-state index is 16.3. The number of nitrogens with zero attached hydrogens (tertiary/aromatic N) is 1. The number of phenolic OH excluding ortho intramolecular Hbond substituents is 3. The van der Waals surface area contributed by atoms with Crippen molar-refractivity contribution in [3.05, 3.63) is 117 Å². The third-order valence-corrected chi connectivity index (χ3v) is 23.2. The number of hydrogen-bond donors (Lipinski definition) is 19. The molecule has 7 aliphatic heterocycles. The van der Waals surface area contributed by atoms with Crippen LogP contribution in [0.2, 0.25) is 10.0 Å². The van der Waals surface area contributed by atoms with Gasteiger partial charge in [0.25, 0.3) is 0 Å². The number of carbonyl (C=O) groups is 8. The average molecular weight is 1730 g/mol. The summed E-state index contributed by atoms with van der Waals surface area (Å²) in [5.41, 5.74) is 8.82.